The standard InChI is InChI=1S/C15H20BrN3/c1-4-9-17-15(14-8-10-19(3)18-14)12-6-5-7-13(16)11(12)2/h5-8,10,15,17H,4,9H2,1-3H3. The van der Waals surface area contributed by atoms with Crippen LogP contribution in [0, 0.1) is 6.92 Å². The number of hydrogen-bond donors (Lipinski definition) is 1. The molecule has 2 aromatic rings. The molecule has 0 saturated heterocycles. The van der Waals surface area contributed by atoms with E-state index in [1.54, 1.807) is 0 Å². The molecule has 102 valence electrons. The highest BCUT2D eigenvalue weighted by atomic mass is 79.9. The zero-order valence-electron chi connectivity index (χ0n) is 11.7. The molecule has 0 spiro atoms. The van der Waals surface area contributed by atoms with Crippen molar-refractivity contribution in [3.8, 4) is 0 Å². The van der Waals surface area contributed by atoms with Gasteiger partial charge in [0.05, 0.1) is 11.7 Å². The van der Waals surface area contributed by atoms with Crippen LogP contribution in [0.25, 0.3) is 0 Å². The minimum atomic E-state index is 0.152. The van der Waals surface area contributed by atoms with Crippen molar-refractivity contribution in [2.24, 2.45) is 7.05 Å². The maximum absolute atomic E-state index is 4.55. The Bertz CT molecular complexity index is 548. The van der Waals surface area contributed by atoms with Gasteiger partial charge in [-0.3, -0.25) is 4.68 Å². The highest BCUT2D eigenvalue weighted by Gasteiger charge is 2.18. The first-order valence-electron chi connectivity index (χ1n) is 6.61. The molecule has 1 aromatic carbocycles. The summed E-state index contributed by atoms with van der Waals surface area (Å²) in [5.74, 6) is 0. The number of nitrogens with one attached hydrogen (secondary N) is 1. The van der Waals surface area contributed by atoms with Crippen molar-refractivity contribution in [1.29, 1.82) is 0 Å². The minimum absolute atomic E-state index is 0.152. The third-order valence-electron chi connectivity index (χ3n) is 3.25. The molecule has 3 nitrogen and oxygen atoms in total. The van der Waals surface area contributed by atoms with Crippen molar-refractivity contribution in [2.75, 3.05) is 6.54 Å². The Morgan fingerprint density at radius 1 is 1.37 bits per heavy atom. The average molecular weight is 322 g/mol. The van der Waals surface area contributed by atoms with E-state index in [0.29, 0.717) is 0 Å². The van der Waals surface area contributed by atoms with Gasteiger partial charge in [-0.15, -0.1) is 0 Å². The maximum Gasteiger partial charge on any atom is 0.0839 e. The van der Waals surface area contributed by atoms with E-state index in [0.717, 1.165) is 23.1 Å². The molecule has 0 aliphatic rings. The third-order valence-corrected chi connectivity index (χ3v) is 4.11. The second-order valence-corrected chi connectivity index (χ2v) is 5.61. The Kier molecular flexibility index (Phi) is 4.77. The number of aryl methyl sites for hydroxylation is 1. The Hall–Kier alpha value is -1.13. The third kappa shape index (κ3) is 3.25. The van der Waals surface area contributed by atoms with E-state index in [4.69, 9.17) is 0 Å². The SMILES string of the molecule is CCCNC(c1ccn(C)n1)c1cccc(Br)c1C. The summed E-state index contributed by atoms with van der Waals surface area (Å²) in [6, 6.07) is 8.55. The van der Waals surface area contributed by atoms with E-state index in [9.17, 15) is 0 Å². The van der Waals surface area contributed by atoms with Crippen LogP contribution in [0.5, 0.6) is 0 Å². The zero-order valence-corrected chi connectivity index (χ0v) is 13.2. The molecule has 0 aliphatic heterocycles. The Morgan fingerprint density at radius 2 is 2.16 bits per heavy atom. The lowest BCUT2D eigenvalue weighted by Crippen LogP contribution is -2.24. The smallest absolute Gasteiger partial charge is 0.0839 e. The average Bonchev–Trinajstić information content (AvgIpc) is 2.81. The van der Waals surface area contributed by atoms with E-state index in [1.165, 1.54) is 11.1 Å². The number of aromatic nitrogens is 2. The number of halogens is 1. The molecular weight excluding hydrogens is 302 g/mol. The molecule has 1 atom stereocenters. The van der Waals surface area contributed by atoms with Crippen molar-refractivity contribution in [3.63, 3.8) is 0 Å². The van der Waals surface area contributed by atoms with Crippen LogP contribution in [0.2, 0.25) is 0 Å². The Balaban J connectivity index is 2.39. The normalized spacial score (nSPS) is 12.6. The van der Waals surface area contributed by atoms with Gasteiger partial charge in [0.25, 0.3) is 0 Å². The van der Waals surface area contributed by atoms with Crippen LogP contribution < -0.4 is 5.32 Å². The van der Waals surface area contributed by atoms with Crippen molar-refractivity contribution in [2.45, 2.75) is 26.3 Å². The highest BCUT2D eigenvalue weighted by molar-refractivity contribution is 9.10. The summed E-state index contributed by atoms with van der Waals surface area (Å²) in [5.41, 5.74) is 3.61. The van der Waals surface area contributed by atoms with Gasteiger partial charge in [-0.05, 0) is 43.1 Å². The Labute approximate surface area is 123 Å². The second-order valence-electron chi connectivity index (χ2n) is 4.76. The van der Waals surface area contributed by atoms with Gasteiger partial charge in [0, 0.05) is 17.7 Å². The van der Waals surface area contributed by atoms with E-state index in [1.807, 2.05) is 17.9 Å². The van der Waals surface area contributed by atoms with Crippen LogP contribution in [0.3, 0.4) is 0 Å². The number of nitrogens with zero attached hydrogens (tertiary/aromatic N) is 2. The highest BCUT2D eigenvalue weighted by Crippen LogP contribution is 2.28. The van der Waals surface area contributed by atoms with Crippen molar-refractivity contribution in [3.05, 3.63) is 51.8 Å². The molecule has 1 aromatic heterocycles. The van der Waals surface area contributed by atoms with E-state index in [2.05, 4.69) is 64.5 Å². The summed E-state index contributed by atoms with van der Waals surface area (Å²) in [4.78, 5) is 0. The first-order valence-corrected chi connectivity index (χ1v) is 7.40. The van der Waals surface area contributed by atoms with E-state index < -0.39 is 0 Å². The lowest BCUT2D eigenvalue weighted by Gasteiger charge is -2.19. The van der Waals surface area contributed by atoms with Gasteiger partial charge < -0.3 is 5.32 Å². The fourth-order valence-corrected chi connectivity index (χ4v) is 2.57. The molecule has 1 N–H and O–H groups in total. The van der Waals surface area contributed by atoms with Gasteiger partial charge in [0.1, 0.15) is 0 Å². The fourth-order valence-electron chi connectivity index (χ4n) is 2.19. The summed E-state index contributed by atoms with van der Waals surface area (Å²) in [5, 5.41) is 8.14. The van der Waals surface area contributed by atoms with Gasteiger partial charge in [-0.1, -0.05) is 35.0 Å². The predicted molar refractivity (Wildman–Crippen MR) is 82.2 cm³/mol. The van der Waals surface area contributed by atoms with Gasteiger partial charge in [-0.25, -0.2) is 0 Å². The van der Waals surface area contributed by atoms with Crippen LogP contribution in [0.15, 0.2) is 34.9 Å². The summed E-state index contributed by atoms with van der Waals surface area (Å²) in [6.07, 6.45) is 3.10. The summed E-state index contributed by atoms with van der Waals surface area (Å²) in [7, 11) is 1.95. The van der Waals surface area contributed by atoms with Crippen molar-refractivity contribution < 1.29 is 0 Å². The van der Waals surface area contributed by atoms with Crippen molar-refractivity contribution in [1.82, 2.24) is 15.1 Å². The lowest BCUT2D eigenvalue weighted by molar-refractivity contribution is 0.573. The fraction of sp³-hybridized carbons (Fsp3) is 0.400. The molecule has 19 heavy (non-hydrogen) atoms. The van der Waals surface area contributed by atoms with Crippen LogP contribution in [-0.4, -0.2) is 16.3 Å². The zero-order chi connectivity index (χ0) is 13.8. The van der Waals surface area contributed by atoms with Gasteiger partial charge >= 0.3 is 0 Å². The summed E-state index contributed by atoms with van der Waals surface area (Å²) < 4.78 is 2.99. The quantitative estimate of drug-likeness (QED) is 0.912. The van der Waals surface area contributed by atoms with Crippen molar-refractivity contribution >= 4 is 15.9 Å². The second kappa shape index (κ2) is 6.35. The van der Waals surface area contributed by atoms with Gasteiger partial charge in [-0.2, -0.15) is 5.10 Å². The predicted octanol–water partition coefficient (Wildman–Crippen LogP) is 3.58. The number of rotatable bonds is 5. The molecule has 0 amide bonds. The van der Waals surface area contributed by atoms with E-state index >= 15 is 0 Å². The number of benzene rings is 1. The first-order chi connectivity index (χ1) is 9.13. The molecule has 4 heteroatoms. The molecule has 0 saturated carbocycles. The van der Waals surface area contributed by atoms with Crippen LogP contribution in [-0.2, 0) is 7.05 Å². The molecule has 0 radical (unpaired) electrons. The maximum atomic E-state index is 4.55. The molecule has 0 bridgehead atoms. The molecule has 2 rings (SSSR count). The molecule has 1 heterocycles. The van der Waals surface area contributed by atoms with Crippen LogP contribution in [0.4, 0.5) is 0 Å². The van der Waals surface area contributed by atoms with E-state index in [-0.39, 0.29) is 6.04 Å². The largest absolute Gasteiger partial charge is 0.305 e. The summed E-state index contributed by atoms with van der Waals surface area (Å²) in [6.45, 7) is 5.30. The first kappa shape index (κ1) is 14.3. The van der Waals surface area contributed by atoms with Gasteiger partial charge in [0.15, 0.2) is 0 Å². The van der Waals surface area contributed by atoms with Gasteiger partial charge in [0.2, 0.25) is 0 Å². The molecule has 1 unspecified atom stereocenters. The minimum Gasteiger partial charge on any atom is -0.305 e. The Morgan fingerprint density at radius 3 is 2.79 bits per heavy atom. The summed E-state index contributed by atoms with van der Waals surface area (Å²) >= 11 is 3.61. The molecule has 0 aliphatic carbocycles. The van der Waals surface area contributed by atoms with Crippen LogP contribution in [0.1, 0.15) is 36.2 Å². The topological polar surface area (TPSA) is 29.9 Å². The van der Waals surface area contributed by atoms with Crippen LogP contribution >= 0.6 is 15.9 Å². The number of hydrogen-bond acceptors (Lipinski definition) is 2. The molecule has 0 fully saturated rings. The monoisotopic (exact) mass is 321 g/mol. The molecular formula is C15H20BrN3. The lowest BCUT2D eigenvalue weighted by atomic mass is 9.99.